The predicted octanol–water partition coefficient (Wildman–Crippen LogP) is 4.67. The normalized spacial score (nSPS) is 23.4. The summed E-state index contributed by atoms with van der Waals surface area (Å²) in [6, 6.07) is 5.67. The molecule has 1 aliphatic heterocycles. The van der Waals surface area contributed by atoms with Crippen LogP contribution in [0.1, 0.15) is 49.9 Å². The van der Waals surface area contributed by atoms with Crippen LogP contribution in [0.25, 0.3) is 0 Å². The van der Waals surface area contributed by atoms with Gasteiger partial charge in [-0.1, -0.05) is 6.92 Å². The van der Waals surface area contributed by atoms with Crippen molar-refractivity contribution in [3.05, 3.63) is 53.1 Å². The number of carbonyl (C=O) groups excluding carboxylic acids is 1. The molecule has 2 unspecified atom stereocenters. The van der Waals surface area contributed by atoms with Gasteiger partial charge in [0.15, 0.2) is 11.7 Å². The van der Waals surface area contributed by atoms with E-state index in [2.05, 4.69) is 22.2 Å². The summed E-state index contributed by atoms with van der Waals surface area (Å²) in [4.78, 5) is 21.9. The van der Waals surface area contributed by atoms with E-state index in [0.717, 1.165) is 12.1 Å². The minimum atomic E-state index is -0.939. The van der Waals surface area contributed by atoms with Gasteiger partial charge in [-0.05, 0) is 55.5 Å². The van der Waals surface area contributed by atoms with Crippen molar-refractivity contribution in [3.63, 3.8) is 0 Å². The number of amides is 2. The second-order valence-electron chi connectivity index (χ2n) is 9.10. The Bertz CT molecular complexity index is 1190. The average molecular weight is 466 g/mol. The molecule has 2 heterocycles. The van der Waals surface area contributed by atoms with Crippen molar-refractivity contribution in [2.75, 3.05) is 5.32 Å². The number of rotatable bonds is 4. The molecule has 1 aromatic heterocycles. The van der Waals surface area contributed by atoms with Crippen LogP contribution in [0.5, 0.6) is 0 Å². The molecule has 9 nitrogen and oxygen atoms in total. The van der Waals surface area contributed by atoms with Gasteiger partial charge in [-0.3, -0.25) is 16.2 Å². The van der Waals surface area contributed by atoms with Gasteiger partial charge in [-0.15, -0.1) is 0 Å². The molecule has 34 heavy (non-hydrogen) atoms. The van der Waals surface area contributed by atoms with Crippen molar-refractivity contribution in [3.8, 4) is 0 Å². The lowest BCUT2D eigenvalue weighted by atomic mass is 9.64. The third-order valence-corrected chi connectivity index (χ3v) is 6.42. The van der Waals surface area contributed by atoms with Crippen LogP contribution in [0.3, 0.4) is 0 Å². The number of hydrogen-bond donors (Lipinski definition) is 5. The molecular weight excluding hydrogens is 437 g/mol. The molecule has 4 rings (SSSR count). The zero-order chi connectivity index (χ0) is 24.6. The number of aromatic amines is 1. The molecule has 1 saturated carbocycles. The van der Waals surface area contributed by atoms with Crippen LogP contribution < -0.4 is 5.32 Å². The number of anilines is 1. The maximum absolute atomic E-state index is 14.8. The monoisotopic (exact) mass is 465 g/mol. The van der Waals surface area contributed by atoms with E-state index in [9.17, 15) is 9.18 Å². The van der Waals surface area contributed by atoms with E-state index in [0.29, 0.717) is 29.9 Å². The first-order valence-corrected chi connectivity index (χ1v) is 11.1. The number of aliphatic imine (C=N–C) groups is 1. The Morgan fingerprint density at radius 3 is 2.79 bits per heavy atom. The second kappa shape index (κ2) is 8.85. The molecule has 2 aromatic rings. The largest absolute Gasteiger partial charge is 0.428 e. The molecule has 0 spiro atoms. The first-order chi connectivity index (χ1) is 16.1. The zero-order valence-electron chi connectivity index (χ0n) is 19.3. The molecule has 5 N–H and O–H groups in total. The Balaban J connectivity index is 1.57. The van der Waals surface area contributed by atoms with E-state index < -0.39 is 17.4 Å². The van der Waals surface area contributed by atoms with Crippen LogP contribution >= 0.6 is 0 Å². The molecule has 2 amide bonds. The molecule has 1 aliphatic carbocycles. The highest BCUT2D eigenvalue weighted by Gasteiger charge is 2.62. The van der Waals surface area contributed by atoms with Crippen LogP contribution in [-0.4, -0.2) is 51.3 Å². The Kier molecular flexibility index (Phi) is 6.07. The van der Waals surface area contributed by atoms with Gasteiger partial charge in [0.2, 0.25) is 5.90 Å². The van der Waals surface area contributed by atoms with Gasteiger partial charge in [-0.2, -0.15) is 0 Å². The van der Waals surface area contributed by atoms with Crippen molar-refractivity contribution < 1.29 is 13.9 Å². The molecule has 1 aromatic carbocycles. The molecule has 10 heteroatoms. The maximum atomic E-state index is 14.8. The first kappa shape index (κ1) is 23.3. The number of nitrogens with zero attached hydrogens (tertiary/aromatic N) is 2. The van der Waals surface area contributed by atoms with E-state index in [-0.39, 0.29) is 29.4 Å². The van der Waals surface area contributed by atoms with Gasteiger partial charge in [0.1, 0.15) is 11.4 Å². The van der Waals surface area contributed by atoms with E-state index in [1.54, 1.807) is 18.0 Å². The van der Waals surface area contributed by atoms with Crippen molar-refractivity contribution in [2.24, 2.45) is 10.9 Å². The summed E-state index contributed by atoms with van der Waals surface area (Å²) in [5.74, 6) is -0.646. The number of amidine groups is 1. The zero-order valence-corrected chi connectivity index (χ0v) is 19.3. The number of aromatic nitrogens is 1. The Morgan fingerprint density at radius 2 is 2.12 bits per heavy atom. The quantitative estimate of drug-likeness (QED) is 0.330. The van der Waals surface area contributed by atoms with Crippen LogP contribution in [0, 0.1) is 34.9 Å². The minimum Gasteiger partial charge on any atom is -0.428 e. The van der Waals surface area contributed by atoms with E-state index in [4.69, 9.17) is 21.0 Å². The van der Waals surface area contributed by atoms with Gasteiger partial charge >= 0.3 is 6.03 Å². The summed E-state index contributed by atoms with van der Waals surface area (Å²) in [6.45, 7) is 5.18. The van der Waals surface area contributed by atoms with Crippen molar-refractivity contribution in [2.45, 2.75) is 51.6 Å². The summed E-state index contributed by atoms with van der Waals surface area (Å²) in [6.07, 6.45) is 5.16. The molecular formula is C24H28FN7O2. The van der Waals surface area contributed by atoms with Crippen LogP contribution in [0.15, 0.2) is 35.5 Å². The van der Waals surface area contributed by atoms with Crippen molar-refractivity contribution in [1.29, 1.82) is 16.2 Å². The fraction of sp³-hybridized carbons (Fsp3) is 0.375. The molecule has 1 saturated heterocycles. The summed E-state index contributed by atoms with van der Waals surface area (Å²) in [7, 11) is 0. The lowest BCUT2D eigenvalue weighted by molar-refractivity contribution is -0.0539. The summed E-state index contributed by atoms with van der Waals surface area (Å²) >= 11 is 0. The SMILES string of the molecule is CC(=N)OC(=N)C12CC(C[C@H](C)C1)N2C(=O)Nc1cc(C(=N)N=Cc2ccc[nH]2)c(C)cc1F. The van der Waals surface area contributed by atoms with E-state index in [1.165, 1.54) is 25.3 Å². The fourth-order valence-electron chi connectivity index (χ4n) is 5.04. The first-order valence-electron chi connectivity index (χ1n) is 11.1. The average Bonchev–Trinajstić information content (AvgIpc) is 3.26. The Morgan fingerprint density at radius 1 is 1.35 bits per heavy atom. The summed E-state index contributed by atoms with van der Waals surface area (Å²) in [5.41, 5.74) is 0.640. The van der Waals surface area contributed by atoms with Gasteiger partial charge in [-0.25, -0.2) is 14.2 Å². The van der Waals surface area contributed by atoms with Crippen LogP contribution in [-0.2, 0) is 4.74 Å². The Hall–Kier alpha value is -3.82. The van der Waals surface area contributed by atoms with E-state index >= 15 is 0 Å². The number of halogens is 1. The predicted molar refractivity (Wildman–Crippen MR) is 129 cm³/mol. The summed E-state index contributed by atoms with van der Waals surface area (Å²) in [5, 5.41) is 26.9. The number of benzene rings is 1. The maximum Gasteiger partial charge on any atom is 0.323 e. The molecule has 2 aliphatic rings. The van der Waals surface area contributed by atoms with Gasteiger partial charge in [0.05, 0.1) is 17.6 Å². The van der Waals surface area contributed by atoms with Crippen LogP contribution in [0.2, 0.25) is 0 Å². The number of nitrogens with one attached hydrogen (secondary N) is 5. The van der Waals surface area contributed by atoms with Crippen molar-refractivity contribution >= 4 is 35.6 Å². The number of H-pyrrole nitrogens is 1. The summed E-state index contributed by atoms with van der Waals surface area (Å²) < 4.78 is 20.1. The number of urea groups is 1. The van der Waals surface area contributed by atoms with Crippen LogP contribution in [0.4, 0.5) is 14.9 Å². The van der Waals surface area contributed by atoms with Gasteiger partial charge in [0, 0.05) is 31.1 Å². The topological polar surface area (TPSA) is 141 Å². The highest BCUT2D eigenvalue weighted by molar-refractivity contribution is 6.05. The number of ether oxygens (including phenoxy) is 1. The number of hydrogen-bond acceptors (Lipinski definition) is 5. The third kappa shape index (κ3) is 4.23. The number of carbonyl (C=O) groups is 1. The number of aryl methyl sites for hydroxylation is 1. The molecule has 0 radical (unpaired) electrons. The highest BCUT2D eigenvalue weighted by atomic mass is 19.1. The number of likely N-dealkylation sites (tertiary alicyclic amines) is 1. The third-order valence-electron chi connectivity index (χ3n) is 6.42. The fourth-order valence-corrected chi connectivity index (χ4v) is 5.04. The van der Waals surface area contributed by atoms with Crippen molar-refractivity contribution in [1.82, 2.24) is 9.88 Å². The lowest BCUT2D eigenvalue weighted by Gasteiger charge is -2.62. The molecule has 3 atom stereocenters. The van der Waals surface area contributed by atoms with Gasteiger partial charge < -0.3 is 19.9 Å². The smallest absolute Gasteiger partial charge is 0.323 e. The van der Waals surface area contributed by atoms with Gasteiger partial charge in [0.25, 0.3) is 0 Å². The molecule has 2 fully saturated rings. The minimum absolute atomic E-state index is 0.0609. The number of piperidine rings is 1. The second-order valence-corrected chi connectivity index (χ2v) is 9.10. The van der Waals surface area contributed by atoms with E-state index in [1.807, 2.05) is 12.1 Å². The Labute approximate surface area is 196 Å². The molecule has 178 valence electrons. The highest BCUT2D eigenvalue weighted by Crippen LogP contribution is 2.50. The number of fused-ring (bicyclic) bond motifs is 2. The lowest BCUT2D eigenvalue weighted by Crippen LogP contribution is -2.75. The molecule has 2 bridgehead atoms. The standard InChI is InChI=1S/C24H28FN7O2/c1-13-7-17-11-24(10-13,22(28)34-15(3)26)32(17)23(33)31-20-9-18(14(2)8-19(20)25)21(27)30-12-16-5-4-6-29-16/h4-6,8-9,12-13,17,26-29H,7,10-11H2,1-3H3,(H,31,33)/t13-,17?,24?/m0/s1.